The Morgan fingerprint density at radius 1 is 0.956 bits per heavy atom. The molecule has 3 heterocycles. The van der Waals surface area contributed by atoms with Crippen molar-refractivity contribution in [3.05, 3.63) is 101 Å². The summed E-state index contributed by atoms with van der Waals surface area (Å²) < 4.78 is 37.6. The molecule has 1 atom stereocenters. The van der Waals surface area contributed by atoms with Crippen molar-refractivity contribution >= 4 is 35.0 Å². The lowest BCUT2D eigenvalue weighted by atomic mass is 10.1. The van der Waals surface area contributed by atoms with Crippen LogP contribution in [0, 0.1) is 18.6 Å². The molecule has 0 radical (unpaired) electrons. The summed E-state index contributed by atoms with van der Waals surface area (Å²) in [6.07, 6.45) is -1.06. The molecule has 0 unspecified atom stereocenters. The molecule has 6 rings (SSSR count). The Morgan fingerprint density at radius 3 is 2.44 bits per heavy atom. The maximum Gasteiger partial charge on any atom is 0.414 e. The number of cyclic esters (lactones) is 1. The van der Waals surface area contributed by atoms with E-state index in [0.717, 1.165) is 22.5 Å². The molecule has 2 aliphatic heterocycles. The van der Waals surface area contributed by atoms with Crippen LogP contribution in [0.1, 0.15) is 18.2 Å². The summed E-state index contributed by atoms with van der Waals surface area (Å²) in [5.41, 5.74) is 5.14. The first-order valence-electron chi connectivity index (χ1n) is 14.9. The highest BCUT2D eigenvalue weighted by Crippen LogP contribution is 2.33. The monoisotopic (exact) mass is 633 g/mol. The van der Waals surface area contributed by atoms with Gasteiger partial charge in [-0.3, -0.25) is 14.6 Å². The highest BCUT2D eigenvalue weighted by Gasteiger charge is 2.33. The van der Waals surface area contributed by atoms with Crippen LogP contribution in [0.2, 0.25) is 5.02 Å². The summed E-state index contributed by atoms with van der Waals surface area (Å²) >= 11 is 6.32. The van der Waals surface area contributed by atoms with E-state index in [1.54, 1.807) is 24.3 Å². The minimum atomic E-state index is -0.566. The van der Waals surface area contributed by atoms with Crippen molar-refractivity contribution in [3.63, 3.8) is 0 Å². The number of aromatic nitrogens is 1. The predicted octanol–water partition coefficient (Wildman–Crippen LogP) is 6.17. The summed E-state index contributed by atoms with van der Waals surface area (Å²) in [4.78, 5) is 29.3. The van der Waals surface area contributed by atoms with E-state index in [4.69, 9.17) is 16.3 Å². The molecule has 8 nitrogen and oxygen atoms in total. The second-order valence-corrected chi connectivity index (χ2v) is 11.8. The van der Waals surface area contributed by atoms with Crippen LogP contribution in [0.15, 0.2) is 72.8 Å². The minimum absolute atomic E-state index is 0.206. The Morgan fingerprint density at radius 2 is 1.73 bits per heavy atom. The molecule has 234 valence electrons. The third-order valence-corrected chi connectivity index (χ3v) is 8.60. The van der Waals surface area contributed by atoms with Crippen LogP contribution in [0.4, 0.5) is 25.0 Å². The number of nitrogens with one attached hydrogen (secondary N) is 1. The molecule has 1 aromatic heterocycles. The SMILES string of the molecule is CC(=O)NC[C@H]1CN(c2ccc(N3CCN(Cc4cc(-c5cccc(Cl)c5)n(-c5ccccc5F)c4C)CC3)c(F)c2)C(=O)O1. The summed E-state index contributed by atoms with van der Waals surface area (Å²) in [5, 5.41) is 3.25. The maximum atomic E-state index is 15.4. The van der Waals surface area contributed by atoms with Gasteiger partial charge in [0, 0.05) is 50.4 Å². The third-order valence-electron chi connectivity index (χ3n) is 8.37. The van der Waals surface area contributed by atoms with E-state index >= 15 is 8.78 Å². The highest BCUT2D eigenvalue weighted by molar-refractivity contribution is 6.30. The van der Waals surface area contributed by atoms with Crippen molar-refractivity contribution in [2.24, 2.45) is 0 Å². The van der Waals surface area contributed by atoms with Gasteiger partial charge >= 0.3 is 6.09 Å². The van der Waals surface area contributed by atoms with Crippen molar-refractivity contribution in [1.29, 1.82) is 0 Å². The van der Waals surface area contributed by atoms with Crippen molar-refractivity contribution in [2.75, 3.05) is 49.1 Å². The molecule has 0 spiro atoms. The number of hydrogen-bond donors (Lipinski definition) is 1. The van der Waals surface area contributed by atoms with Crippen LogP contribution in [0.5, 0.6) is 0 Å². The number of para-hydroxylation sites is 1. The Hall–Kier alpha value is -4.41. The van der Waals surface area contributed by atoms with E-state index in [1.807, 2.05) is 46.7 Å². The molecular weight excluding hydrogens is 600 g/mol. The summed E-state index contributed by atoms with van der Waals surface area (Å²) in [7, 11) is 0. The normalized spacial score (nSPS) is 17.1. The molecule has 0 bridgehead atoms. The lowest BCUT2D eigenvalue weighted by molar-refractivity contribution is -0.119. The minimum Gasteiger partial charge on any atom is -0.442 e. The molecule has 2 amide bonds. The molecule has 4 aromatic rings. The number of hydrogen-bond acceptors (Lipinski definition) is 5. The summed E-state index contributed by atoms with van der Waals surface area (Å²) in [6, 6.07) is 21.2. The number of ether oxygens (including phenoxy) is 1. The molecule has 3 aromatic carbocycles. The Kier molecular flexibility index (Phi) is 8.78. The number of amides is 2. The number of piperazine rings is 1. The van der Waals surface area contributed by atoms with Gasteiger partial charge in [0.15, 0.2) is 0 Å². The van der Waals surface area contributed by atoms with E-state index < -0.39 is 18.0 Å². The molecule has 45 heavy (non-hydrogen) atoms. The van der Waals surface area contributed by atoms with E-state index in [0.29, 0.717) is 54.8 Å². The fourth-order valence-electron chi connectivity index (χ4n) is 6.03. The van der Waals surface area contributed by atoms with Gasteiger partial charge in [0.05, 0.1) is 35.8 Å². The number of halogens is 3. The molecule has 0 aliphatic carbocycles. The molecule has 2 aliphatic rings. The van der Waals surface area contributed by atoms with Crippen LogP contribution in [-0.4, -0.2) is 66.8 Å². The molecular formula is C34H34ClF2N5O3. The fraction of sp³-hybridized carbons (Fsp3) is 0.294. The average Bonchev–Trinajstić information content (AvgIpc) is 3.55. The van der Waals surface area contributed by atoms with Crippen LogP contribution in [0.25, 0.3) is 16.9 Å². The Labute approximate surface area is 265 Å². The van der Waals surface area contributed by atoms with E-state index in [9.17, 15) is 9.59 Å². The van der Waals surface area contributed by atoms with Gasteiger partial charge in [-0.25, -0.2) is 13.6 Å². The lowest BCUT2D eigenvalue weighted by Gasteiger charge is -2.36. The van der Waals surface area contributed by atoms with Crippen LogP contribution < -0.4 is 15.1 Å². The van der Waals surface area contributed by atoms with E-state index in [2.05, 4.69) is 16.3 Å². The van der Waals surface area contributed by atoms with Gasteiger partial charge < -0.3 is 19.5 Å². The summed E-state index contributed by atoms with van der Waals surface area (Å²) in [6.45, 7) is 7.15. The highest BCUT2D eigenvalue weighted by atomic mass is 35.5. The topological polar surface area (TPSA) is 70.1 Å². The van der Waals surface area contributed by atoms with Gasteiger partial charge in [0.25, 0.3) is 0 Å². The molecule has 1 N–H and O–H groups in total. The van der Waals surface area contributed by atoms with Gasteiger partial charge in [-0.1, -0.05) is 35.9 Å². The largest absolute Gasteiger partial charge is 0.442 e. The second kappa shape index (κ2) is 12.9. The van der Waals surface area contributed by atoms with Crippen molar-refractivity contribution in [1.82, 2.24) is 14.8 Å². The molecule has 0 saturated carbocycles. The van der Waals surface area contributed by atoms with Crippen LogP contribution in [0.3, 0.4) is 0 Å². The quantitative estimate of drug-likeness (QED) is 0.251. The Balaban J connectivity index is 1.15. The first kappa shape index (κ1) is 30.6. The number of anilines is 2. The van der Waals surface area contributed by atoms with E-state index in [-0.39, 0.29) is 24.8 Å². The number of benzene rings is 3. The number of rotatable bonds is 8. The van der Waals surface area contributed by atoms with E-state index in [1.165, 1.54) is 24.0 Å². The first-order chi connectivity index (χ1) is 21.7. The zero-order valence-electron chi connectivity index (χ0n) is 25.1. The molecule has 2 saturated heterocycles. The predicted molar refractivity (Wildman–Crippen MR) is 171 cm³/mol. The van der Waals surface area contributed by atoms with Crippen molar-refractivity contribution in [2.45, 2.75) is 26.5 Å². The number of nitrogens with zero attached hydrogens (tertiary/aromatic N) is 4. The zero-order valence-corrected chi connectivity index (χ0v) is 25.9. The van der Waals surface area contributed by atoms with Gasteiger partial charge in [-0.15, -0.1) is 0 Å². The van der Waals surface area contributed by atoms with Crippen LogP contribution in [-0.2, 0) is 16.1 Å². The second-order valence-electron chi connectivity index (χ2n) is 11.4. The molecule has 2 fully saturated rings. The van der Waals surface area contributed by atoms with Crippen LogP contribution >= 0.6 is 11.6 Å². The Bertz CT molecular complexity index is 1740. The smallest absolute Gasteiger partial charge is 0.414 e. The summed E-state index contributed by atoms with van der Waals surface area (Å²) in [5.74, 6) is -0.930. The van der Waals surface area contributed by atoms with Gasteiger partial charge in [0.1, 0.15) is 17.7 Å². The van der Waals surface area contributed by atoms with Gasteiger partial charge in [-0.05, 0) is 66.6 Å². The van der Waals surface area contributed by atoms with Gasteiger partial charge in [0.2, 0.25) is 5.91 Å². The number of carbonyl (C=O) groups excluding carboxylic acids is 2. The lowest BCUT2D eigenvalue weighted by Crippen LogP contribution is -2.46. The number of carbonyl (C=O) groups is 2. The average molecular weight is 634 g/mol. The third kappa shape index (κ3) is 6.53. The van der Waals surface area contributed by atoms with Crippen molar-refractivity contribution < 1.29 is 23.1 Å². The van der Waals surface area contributed by atoms with Gasteiger partial charge in [-0.2, -0.15) is 0 Å². The fourth-order valence-corrected chi connectivity index (χ4v) is 6.22. The van der Waals surface area contributed by atoms with Crippen molar-refractivity contribution in [3.8, 4) is 16.9 Å². The maximum absolute atomic E-state index is 15.4. The standard InChI is InChI=1S/C34H34ClF2N5O3/c1-22-25(17-33(24-6-5-7-26(35)16-24)42(22)32-9-4-3-8-29(32)36)20-39-12-14-40(15-13-39)31-11-10-27(18-30(31)37)41-21-28(45-34(41)44)19-38-23(2)43/h3-11,16-18,28H,12-15,19-21H2,1-2H3,(H,38,43)/t28-/m0/s1. The zero-order chi connectivity index (χ0) is 31.7. The molecule has 11 heteroatoms. The first-order valence-corrected chi connectivity index (χ1v) is 15.3.